The van der Waals surface area contributed by atoms with Gasteiger partial charge in [0.05, 0.1) is 22.3 Å². The molecule has 0 atom stereocenters. The van der Waals surface area contributed by atoms with Gasteiger partial charge in [0.1, 0.15) is 5.75 Å². The smallest absolute Gasteiger partial charge is 0.262 e. The van der Waals surface area contributed by atoms with Crippen molar-refractivity contribution in [2.24, 2.45) is 0 Å². The van der Waals surface area contributed by atoms with Crippen LogP contribution in [0.3, 0.4) is 0 Å². The Morgan fingerprint density at radius 1 is 1.33 bits per heavy atom. The summed E-state index contributed by atoms with van der Waals surface area (Å²) >= 11 is 5.95. The molecule has 0 fully saturated rings. The van der Waals surface area contributed by atoms with Gasteiger partial charge in [0.25, 0.3) is 5.91 Å². The van der Waals surface area contributed by atoms with Gasteiger partial charge in [-0.25, -0.2) is 0 Å². The maximum Gasteiger partial charge on any atom is 0.262 e. The third-order valence-corrected chi connectivity index (χ3v) is 2.93. The third-order valence-electron chi connectivity index (χ3n) is 2.60. The highest BCUT2D eigenvalue weighted by Crippen LogP contribution is 2.24. The molecule has 0 saturated carbocycles. The van der Waals surface area contributed by atoms with E-state index in [2.05, 4.69) is 5.32 Å². The van der Waals surface area contributed by atoms with Crippen molar-refractivity contribution in [1.82, 2.24) is 0 Å². The molecule has 0 aromatic heterocycles. The van der Waals surface area contributed by atoms with Crippen molar-refractivity contribution in [3.05, 3.63) is 53.1 Å². The molecule has 2 aromatic rings. The van der Waals surface area contributed by atoms with Gasteiger partial charge in [0, 0.05) is 5.69 Å². The molecule has 0 radical (unpaired) electrons. The summed E-state index contributed by atoms with van der Waals surface area (Å²) in [6.07, 6.45) is 0. The highest BCUT2D eigenvalue weighted by Gasteiger charge is 2.07. The Balaban J connectivity index is 1.96. The number of amides is 1. The van der Waals surface area contributed by atoms with Crippen molar-refractivity contribution >= 4 is 28.9 Å². The summed E-state index contributed by atoms with van der Waals surface area (Å²) in [4.78, 5) is 11.8. The molecule has 1 amide bonds. The van der Waals surface area contributed by atoms with E-state index in [1.807, 2.05) is 6.07 Å². The molecule has 2 rings (SSSR count). The molecule has 3 N–H and O–H groups in total. The van der Waals surface area contributed by atoms with Crippen LogP contribution in [-0.4, -0.2) is 12.5 Å². The second kappa shape index (κ2) is 6.64. The molecule has 0 bridgehead atoms. The van der Waals surface area contributed by atoms with Gasteiger partial charge in [-0.2, -0.15) is 5.26 Å². The maximum atomic E-state index is 11.8. The number of nitrogen functional groups attached to an aromatic ring is 1. The highest BCUT2D eigenvalue weighted by molar-refractivity contribution is 6.33. The third kappa shape index (κ3) is 4.13. The van der Waals surface area contributed by atoms with Crippen LogP contribution in [0.4, 0.5) is 11.4 Å². The van der Waals surface area contributed by atoms with E-state index in [9.17, 15) is 4.79 Å². The van der Waals surface area contributed by atoms with Gasteiger partial charge >= 0.3 is 0 Å². The second-order valence-electron chi connectivity index (χ2n) is 4.22. The molecule has 5 nitrogen and oxygen atoms in total. The number of carbonyl (C=O) groups excluding carboxylic acids is 1. The summed E-state index contributed by atoms with van der Waals surface area (Å²) in [7, 11) is 0. The Kier molecular flexibility index (Phi) is 4.64. The molecule has 0 saturated heterocycles. The van der Waals surface area contributed by atoms with Crippen molar-refractivity contribution in [2.75, 3.05) is 17.7 Å². The lowest BCUT2D eigenvalue weighted by Crippen LogP contribution is -2.20. The number of nitrogens with one attached hydrogen (secondary N) is 1. The fourth-order valence-corrected chi connectivity index (χ4v) is 1.79. The highest BCUT2D eigenvalue weighted by atomic mass is 35.5. The van der Waals surface area contributed by atoms with Gasteiger partial charge in [-0.1, -0.05) is 17.7 Å². The minimum absolute atomic E-state index is 0.194. The predicted octanol–water partition coefficient (Wildman–Crippen LogP) is 2.81. The van der Waals surface area contributed by atoms with Crippen molar-refractivity contribution in [3.8, 4) is 11.8 Å². The predicted molar refractivity (Wildman–Crippen MR) is 81.1 cm³/mol. The van der Waals surface area contributed by atoms with E-state index in [1.165, 1.54) is 0 Å². The van der Waals surface area contributed by atoms with Crippen molar-refractivity contribution in [1.29, 1.82) is 5.26 Å². The molecule has 106 valence electrons. The zero-order chi connectivity index (χ0) is 15.2. The molecular weight excluding hydrogens is 290 g/mol. The largest absolute Gasteiger partial charge is 0.484 e. The van der Waals surface area contributed by atoms with Crippen LogP contribution in [0.25, 0.3) is 0 Å². The number of hydrogen-bond acceptors (Lipinski definition) is 4. The van der Waals surface area contributed by atoms with Crippen LogP contribution in [0.2, 0.25) is 5.02 Å². The van der Waals surface area contributed by atoms with Crippen LogP contribution in [0.1, 0.15) is 5.56 Å². The van der Waals surface area contributed by atoms with Crippen molar-refractivity contribution in [3.63, 3.8) is 0 Å². The lowest BCUT2D eigenvalue weighted by atomic mass is 10.2. The molecule has 0 aliphatic heterocycles. The number of anilines is 2. The summed E-state index contributed by atoms with van der Waals surface area (Å²) in [5.41, 5.74) is 7.02. The Labute approximate surface area is 126 Å². The quantitative estimate of drug-likeness (QED) is 0.850. The number of benzene rings is 2. The number of carbonyl (C=O) groups is 1. The fraction of sp³-hybridized carbons (Fsp3) is 0.0667. The van der Waals surface area contributed by atoms with Crippen LogP contribution in [0, 0.1) is 11.3 Å². The van der Waals surface area contributed by atoms with Crippen LogP contribution in [0.5, 0.6) is 5.75 Å². The van der Waals surface area contributed by atoms with Crippen LogP contribution in [-0.2, 0) is 4.79 Å². The first-order chi connectivity index (χ1) is 10.1. The van der Waals surface area contributed by atoms with E-state index in [4.69, 9.17) is 27.3 Å². The van der Waals surface area contributed by atoms with E-state index < -0.39 is 0 Å². The van der Waals surface area contributed by atoms with Crippen LogP contribution < -0.4 is 15.8 Å². The average molecular weight is 302 g/mol. The molecule has 0 aliphatic rings. The molecule has 2 aromatic carbocycles. The number of halogens is 1. The van der Waals surface area contributed by atoms with Gasteiger partial charge in [-0.15, -0.1) is 0 Å². The van der Waals surface area contributed by atoms with Gasteiger partial charge in [-0.3, -0.25) is 4.79 Å². The van der Waals surface area contributed by atoms with E-state index in [0.29, 0.717) is 27.7 Å². The summed E-state index contributed by atoms with van der Waals surface area (Å²) in [6.45, 7) is -0.194. The molecule has 0 spiro atoms. The van der Waals surface area contributed by atoms with Crippen LogP contribution in [0.15, 0.2) is 42.5 Å². The number of hydrogen-bond donors (Lipinski definition) is 2. The standard InChI is InChI=1S/C15H12ClN3O2/c16-13-5-4-11(18)7-14(13)19-15(20)9-21-12-3-1-2-10(6-12)8-17/h1-7H,9,18H2,(H,19,20). The minimum atomic E-state index is -0.370. The Morgan fingerprint density at radius 2 is 2.14 bits per heavy atom. The zero-order valence-electron chi connectivity index (χ0n) is 11.0. The van der Waals surface area contributed by atoms with Gasteiger partial charge in [0.2, 0.25) is 0 Å². The average Bonchev–Trinajstić information content (AvgIpc) is 2.49. The van der Waals surface area contributed by atoms with Gasteiger partial charge < -0.3 is 15.8 Å². The topological polar surface area (TPSA) is 88.1 Å². The van der Waals surface area contributed by atoms with E-state index in [-0.39, 0.29) is 12.5 Å². The number of rotatable bonds is 4. The summed E-state index contributed by atoms with van der Waals surface area (Å²) in [5.74, 6) is 0.0766. The Morgan fingerprint density at radius 3 is 2.90 bits per heavy atom. The van der Waals surface area contributed by atoms with E-state index in [1.54, 1.807) is 42.5 Å². The van der Waals surface area contributed by atoms with Crippen molar-refractivity contribution in [2.45, 2.75) is 0 Å². The lowest BCUT2D eigenvalue weighted by molar-refractivity contribution is -0.118. The molecular formula is C15H12ClN3O2. The Hall–Kier alpha value is -2.71. The second-order valence-corrected chi connectivity index (χ2v) is 4.62. The summed E-state index contributed by atoms with van der Waals surface area (Å²) in [5, 5.41) is 11.8. The summed E-state index contributed by atoms with van der Waals surface area (Å²) in [6, 6.07) is 13.4. The fourth-order valence-electron chi connectivity index (χ4n) is 1.63. The van der Waals surface area contributed by atoms with Gasteiger partial charge in [-0.05, 0) is 36.4 Å². The minimum Gasteiger partial charge on any atom is -0.484 e. The number of nitrogens with zero attached hydrogens (tertiary/aromatic N) is 1. The van der Waals surface area contributed by atoms with Gasteiger partial charge in [0.15, 0.2) is 6.61 Å². The number of nitriles is 1. The number of nitrogens with two attached hydrogens (primary N) is 1. The molecule has 0 unspecified atom stereocenters. The monoisotopic (exact) mass is 301 g/mol. The zero-order valence-corrected chi connectivity index (χ0v) is 11.7. The SMILES string of the molecule is N#Cc1cccc(OCC(=O)Nc2cc(N)ccc2Cl)c1. The Bertz CT molecular complexity index is 710. The summed E-state index contributed by atoms with van der Waals surface area (Å²) < 4.78 is 5.32. The first-order valence-corrected chi connectivity index (χ1v) is 6.44. The van der Waals surface area contributed by atoms with E-state index >= 15 is 0 Å². The first-order valence-electron chi connectivity index (χ1n) is 6.06. The first kappa shape index (κ1) is 14.7. The van der Waals surface area contributed by atoms with E-state index in [0.717, 1.165) is 0 Å². The van der Waals surface area contributed by atoms with Crippen molar-refractivity contribution < 1.29 is 9.53 Å². The number of ether oxygens (including phenoxy) is 1. The molecule has 0 heterocycles. The molecule has 21 heavy (non-hydrogen) atoms. The maximum absolute atomic E-state index is 11.8. The lowest BCUT2D eigenvalue weighted by Gasteiger charge is -2.09. The molecule has 6 heteroatoms. The molecule has 0 aliphatic carbocycles. The normalized spacial score (nSPS) is 9.71. The van der Waals surface area contributed by atoms with Crippen LogP contribution >= 0.6 is 11.6 Å².